The van der Waals surface area contributed by atoms with Crippen molar-refractivity contribution in [2.45, 2.75) is 25.7 Å². The molecule has 3 N–H and O–H groups in total. The molecule has 0 bridgehead atoms. The van der Waals surface area contributed by atoms with Crippen molar-refractivity contribution in [3.8, 4) is 0 Å². The van der Waals surface area contributed by atoms with Gasteiger partial charge in [-0.1, -0.05) is 20.8 Å². The Hall–Kier alpha value is -0.640. The van der Waals surface area contributed by atoms with Crippen molar-refractivity contribution in [3.63, 3.8) is 0 Å². The molecule has 0 aliphatic rings. The van der Waals surface area contributed by atoms with Gasteiger partial charge < -0.3 is 0 Å². The van der Waals surface area contributed by atoms with Gasteiger partial charge in [0.1, 0.15) is 0 Å². The van der Waals surface area contributed by atoms with Crippen LogP contribution in [0.1, 0.15) is 20.8 Å². The van der Waals surface area contributed by atoms with Crippen molar-refractivity contribution < 1.29 is 16.8 Å². The summed E-state index contributed by atoms with van der Waals surface area (Å²) in [6.45, 7) is 5.43. The van der Waals surface area contributed by atoms with E-state index in [1.54, 1.807) is 0 Å². The molecule has 0 saturated carbocycles. The van der Waals surface area contributed by atoms with Crippen LogP contribution < -0.4 is 9.86 Å². The maximum atomic E-state index is 12.0. The monoisotopic (exact) mass is 384 g/mol. The van der Waals surface area contributed by atoms with Gasteiger partial charge >= 0.3 is 0 Å². The molecule has 1 aromatic carbocycles. The highest BCUT2D eigenvalue weighted by molar-refractivity contribution is 9.10. The highest BCUT2D eigenvalue weighted by Gasteiger charge is 2.22. The minimum Gasteiger partial charge on any atom is -0.282 e. The molecular weight excluding hydrogens is 368 g/mol. The second-order valence-corrected chi connectivity index (χ2v) is 9.75. The fourth-order valence-electron chi connectivity index (χ4n) is 1.53. The third kappa shape index (κ3) is 5.39. The molecule has 0 radical (unpaired) electrons. The zero-order valence-corrected chi connectivity index (χ0v) is 14.6. The molecule has 0 unspecified atom stereocenters. The quantitative estimate of drug-likeness (QED) is 0.825. The van der Waals surface area contributed by atoms with Crippen LogP contribution >= 0.6 is 15.9 Å². The number of rotatable bonds is 4. The van der Waals surface area contributed by atoms with Crippen LogP contribution in [0.5, 0.6) is 0 Å². The highest BCUT2D eigenvalue weighted by Crippen LogP contribution is 2.27. The summed E-state index contributed by atoms with van der Waals surface area (Å²) in [6.07, 6.45) is 0. The number of anilines is 1. The summed E-state index contributed by atoms with van der Waals surface area (Å²) in [5, 5.41) is 5.00. The number of primary sulfonamides is 1. The average Bonchev–Trinajstić information content (AvgIpc) is 2.15. The number of hydrogen-bond donors (Lipinski definition) is 2. The minimum absolute atomic E-state index is 0.0522. The van der Waals surface area contributed by atoms with Crippen LogP contribution in [-0.2, 0) is 20.0 Å². The summed E-state index contributed by atoms with van der Waals surface area (Å²) in [6, 6.07) is 3.85. The van der Waals surface area contributed by atoms with Crippen LogP contribution in [0.2, 0.25) is 0 Å². The Balaban J connectivity index is 3.07. The van der Waals surface area contributed by atoms with Crippen molar-refractivity contribution >= 4 is 41.7 Å². The van der Waals surface area contributed by atoms with Crippen LogP contribution in [-0.4, -0.2) is 22.6 Å². The van der Waals surface area contributed by atoms with E-state index in [9.17, 15) is 16.8 Å². The highest BCUT2D eigenvalue weighted by atomic mass is 79.9. The van der Waals surface area contributed by atoms with E-state index in [1.807, 2.05) is 20.8 Å². The Morgan fingerprint density at radius 3 is 2.15 bits per heavy atom. The van der Waals surface area contributed by atoms with Gasteiger partial charge in [-0.25, -0.2) is 22.0 Å². The molecule has 6 nitrogen and oxygen atoms in total. The molecule has 0 aromatic heterocycles. The summed E-state index contributed by atoms with van der Waals surface area (Å²) in [5.41, 5.74) is -0.125. The van der Waals surface area contributed by atoms with E-state index in [2.05, 4.69) is 20.7 Å². The Bertz CT molecular complexity index is 706. The third-order valence-corrected chi connectivity index (χ3v) is 5.50. The Morgan fingerprint density at radius 1 is 1.20 bits per heavy atom. The molecule has 1 aromatic rings. The SMILES string of the molecule is CC(C)(C)CS(=O)(=O)Nc1ccc(S(N)(=O)=O)cc1Br. The van der Waals surface area contributed by atoms with E-state index in [0.717, 1.165) is 0 Å². The maximum Gasteiger partial charge on any atom is 0.238 e. The Kier molecular flexibility index (Phi) is 4.90. The van der Waals surface area contributed by atoms with Crippen molar-refractivity contribution in [3.05, 3.63) is 22.7 Å². The normalized spacial score (nSPS) is 13.2. The Labute approximate surface area is 128 Å². The molecule has 0 aliphatic carbocycles. The van der Waals surface area contributed by atoms with Crippen LogP contribution in [0.3, 0.4) is 0 Å². The number of nitrogens with one attached hydrogen (secondary N) is 1. The molecular formula is C11H17BrN2O4S2. The molecule has 0 spiro atoms. The van der Waals surface area contributed by atoms with E-state index in [0.29, 0.717) is 4.47 Å². The minimum atomic E-state index is -3.82. The number of nitrogens with two attached hydrogens (primary N) is 1. The number of halogens is 1. The van der Waals surface area contributed by atoms with Gasteiger partial charge in [-0.05, 0) is 39.5 Å². The second kappa shape index (κ2) is 5.63. The molecule has 0 atom stereocenters. The number of hydrogen-bond acceptors (Lipinski definition) is 4. The van der Waals surface area contributed by atoms with Crippen LogP contribution in [0.15, 0.2) is 27.6 Å². The van der Waals surface area contributed by atoms with Gasteiger partial charge in [0.25, 0.3) is 0 Å². The van der Waals surface area contributed by atoms with E-state index < -0.39 is 25.5 Å². The van der Waals surface area contributed by atoms with Crippen molar-refractivity contribution in [1.82, 2.24) is 0 Å². The zero-order valence-electron chi connectivity index (χ0n) is 11.3. The first-order valence-corrected chi connectivity index (χ1v) is 9.62. The molecule has 20 heavy (non-hydrogen) atoms. The van der Waals surface area contributed by atoms with Crippen molar-refractivity contribution in [1.29, 1.82) is 0 Å². The molecule has 0 aliphatic heterocycles. The lowest BCUT2D eigenvalue weighted by Crippen LogP contribution is -2.26. The van der Waals surface area contributed by atoms with Gasteiger partial charge in [-0.3, -0.25) is 4.72 Å². The first-order valence-electron chi connectivity index (χ1n) is 5.63. The predicted molar refractivity (Wildman–Crippen MR) is 82.4 cm³/mol. The lowest BCUT2D eigenvalue weighted by molar-refractivity contribution is 0.463. The molecule has 9 heteroatoms. The first-order chi connectivity index (χ1) is 8.80. The first kappa shape index (κ1) is 17.4. The molecule has 0 heterocycles. The van der Waals surface area contributed by atoms with Gasteiger partial charge in [0, 0.05) is 4.47 Å². The zero-order chi connectivity index (χ0) is 15.8. The Morgan fingerprint density at radius 2 is 1.75 bits per heavy atom. The summed E-state index contributed by atoms with van der Waals surface area (Å²) in [5.74, 6) is -0.0522. The largest absolute Gasteiger partial charge is 0.282 e. The van der Waals surface area contributed by atoms with E-state index in [4.69, 9.17) is 5.14 Å². The standard InChI is InChI=1S/C11H17BrN2O4S2/c1-11(2,3)7-19(15,16)14-10-5-4-8(6-9(10)12)20(13,17)18/h4-6,14H,7H2,1-3H3,(H2,13,17,18). The molecule has 114 valence electrons. The summed E-state index contributed by atoms with van der Waals surface area (Å²) < 4.78 is 49.0. The lowest BCUT2D eigenvalue weighted by atomic mass is 10.0. The van der Waals surface area contributed by atoms with Gasteiger partial charge in [0.05, 0.1) is 16.3 Å². The summed E-state index contributed by atoms with van der Waals surface area (Å²) in [4.78, 5) is -0.0943. The molecule has 0 amide bonds. The number of sulfonamides is 2. The summed E-state index contributed by atoms with van der Waals surface area (Å²) >= 11 is 3.12. The van der Waals surface area contributed by atoms with Crippen LogP contribution in [0.25, 0.3) is 0 Å². The van der Waals surface area contributed by atoms with Crippen LogP contribution in [0, 0.1) is 5.41 Å². The third-order valence-electron chi connectivity index (χ3n) is 2.16. The van der Waals surface area contributed by atoms with Gasteiger partial charge in [-0.15, -0.1) is 0 Å². The second-order valence-electron chi connectivity index (χ2n) is 5.61. The predicted octanol–water partition coefficient (Wildman–Crippen LogP) is 1.88. The van der Waals surface area contributed by atoms with Crippen molar-refractivity contribution in [2.24, 2.45) is 10.6 Å². The fraction of sp³-hybridized carbons (Fsp3) is 0.455. The van der Waals surface area contributed by atoms with Crippen molar-refractivity contribution in [2.75, 3.05) is 10.5 Å². The number of benzene rings is 1. The lowest BCUT2D eigenvalue weighted by Gasteiger charge is -2.19. The fourth-order valence-corrected chi connectivity index (χ4v) is 4.56. The topological polar surface area (TPSA) is 106 Å². The smallest absolute Gasteiger partial charge is 0.238 e. The van der Waals surface area contributed by atoms with E-state index >= 15 is 0 Å². The molecule has 1 rings (SSSR count). The van der Waals surface area contributed by atoms with Gasteiger partial charge in [0.2, 0.25) is 20.0 Å². The maximum absolute atomic E-state index is 12.0. The van der Waals surface area contributed by atoms with Crippen LogP contribution in [0.4, 0.5) is 5.69 Å². The van der Waals surface area contributed by atoms with Gasteiger partial charge in [0.15, 0.2) is 0 Å². The average molecular weight is 385 g/mol. The summed E-state index contributed by atoms with van der Waals surface area (Å²) in [7, 11) is -7.35. The van der Waals surface area contributed by atoms with Gasteiger partial charge in [-0.2, -0.15) is 0 Å². The molecule has 0 fully saturated rings. The van der Waals surface area contributed by atoms with E-state index in [-0.39, 0.29) is 16.3 Å². The van der Waals surface area contributed by atoms with E-state index in [1.165, 1.54) is 18.2 Å². The molecule has 0 saturated heterocycles.